The van der Waals surface area contributed by atoms with Crippen molar-refractivity contribution in [1.29, 1.82) is 0 Å². The highest BCUT2D eigenvalue weighted by molar-refractivity contribution is 7.89. The molecular formula is C20H24FN3O2S2. The molecule has 28 heavy (non-hydrogen) atoms. The van der Waals surface area contributed by atoms with Gasteiger partial charge in [0.25, 0.3) is 0 Å². The Hall–Kier alpha value is -2.03. The summed E-state index contributed by atoms with van der Waals surface area (Å²) >= 11 is 5.42. The standard InChI is InChI=1S/C20H24FN3O2S2/c1-14-4-5-16(3)19(12-14)28(25,26)24-10-8-23(9-11-24)20(27)22-17-7-6-15(2)18(21)13-17/h4-7,12-13H,8-11H2,1-3H3,(H,22,27). The Bertz CT molecular complexity index is 1000. The van der Waals surface area contributed by atoms with E-state index in [0.717, 1.165) is 11.1 Å². The van der Waals surface area contributed by atoms with Gasteiger partial charge in [-0.2, -0.15) is 4.31 Å². The Balaban J connectivity index is 1.65. The number of hydrogen-bond acceptors (Lipinski definition) is 3. The van der Waals surface area contributed by atoms with Gasteiger partial charge in [0.15, 0.2) is 5.11 Å². The molecule has 0 aliphatic carbocycles. The third kappa shape index (κ3) is 4.34. The first-order valence-corrected chi connectivity index (χ1v) is 10.9. The van der Waals surface area contributed by atoms with Crippen molar-refractivity contribution in [2.75, 3.05) is 31.5 Å². The van der Waals surface area contributed by atoms with Crippen molar-refractivity contribution in [3.63, 3.8) is 0 Å². The quantitative estimate of drug-likeness (QED) is 0.770. The fraction of sp³-hybridized carbons (Fsp3) is 0.350. The van der Waals surface area contributed by atoms with Crippen molar-refractivity contribution in [3.8, 4) is 0 Å². The van der Waals surface area contributed by atoms with Crippen molar-refractivity contribution in [2.45, 2.75) is 25.7 Å². The summed E-state index contributed by atoms with van der Waals surface area (Å²) < 4.78 is 41.2. The lowest BCUT2D eigenvalue weighted by atomic mass is 10.2. The molecule has 1 aliphatic rings. The number of hydrogen-bond donors (Lipinski definition) is 1. The SMILES string of the molecule is Cc1ccc(C)c(S(=O)(=O)N2CCN(C(=S)Nc3ccc(C)c(F)c3)CC2)c1. The molecule has 1 fully saturated rings. The molecule has 8 heteroatoms. The van der Waals surface area contributed by atoms with Crippen molar-refractivity contribution in [3.05, 3.63) is 58.9 Å². The van der Waals surface area contributed by atoms with Crippen LogP contribution in [0.3, 0.4) is 0 Å². The maximum Gasteiger partial charge on any atom is 0.243 e. The van der Waals surface area contributed by atoms with Crippen LogP contribution in [-0.2, 0) is 10.0 Å². The first-order chi connectivity index (χ1) is 13.2. The fourth-order valence-corrected chi connectivity index (χ4v) is 5.16. The highest BCUT2D eigenvalue weighted by Crippen LogP contribution is 2.23. The Morgan fingerprint density at radius 1 is 1.00 bits per heavy atom. The lowest BCUT2D eigenvalue weighted by Crippen LogP contribution is -2.51. The number of nitrogens with one attached hydrogen (secondary N) is 1. The number of anilines is 1. The van der Waals surface area contributed by atoms with Crippen LogP contribution < -0.4 is 5.32 Å². The fourth-order valence-electron chi connectivity index (χ4n) is 3.13. The maximum absolute atomic E-state index is 13.7. The molecule has 0 atom stereocenters. The number of benzene rings is 2. The van der Waals surface area contributed by atoms with Gasteiger partial charge in [0.2, 0.25) is 10.0 Å². The largest absolute Gasteiger partial charge is 0.346 e. The Kier molecular flexibility index (Phi) is 6.02. The van der Waals surface area contributed by atoms with Crippen LogP contribution >= 0.6 is 12.2 Å². The molecule has 0 spiro atoms. The van der Waals surface area contributed by atoms with Crippen molar-refractivity contribution in [1.82, 2.24) is 9.21 Å². The summed E-state index contributed by atoms with van der Waals surface area (Å²) in [6, 6.07) is 10.3. The summed E-state index contributed by atoms with van der Waals surface area (Å²) in [7, 11) is -3.54. The van der Waals surface area contributed by atoms with E-state index in [1.54, 1.807) is 25.1 Å². The smallest absolute Gasteiger partial charge is 0.243 e. The van der Waals surface area contributed by atoms with Gasteiger partial charge >= 0.3 is 0 Å². The van der Waals surface area contributed by atoms with Crippen LogP contribution in [0.1, 0.15) is 16.7 Å². The number of thiocarbonyl (C=S) groups is 1. The van der Waals surface area contributed by atoms with E-state index >= 15 is 0 Å². The molecule has 5 nitrogen and oxygen atoms in total. The van der Waals surface area contributed by atoms with Crippen LogP contribution in [0.25, 0.3) is 0 Å². The van der Waals surface area contributed by atoms with E-state index in [2.05, 4.69) is 5.32 Å². The van der Waals surface area contributed by atoms with E-state index in [1.807, 2.05) is 30.9 Å². The number of nitrogens with zero attached hydrogens (tertiary/aromatic N) is 2. The van der Waals surface area contributed by atoms with Gasteiger partial charge in [-0.25, -0.2) is 12.8 Å². The van der Waals surface area contributed by atoms with Crippen LogP contribution in [0.5, 0.6) is 0 Å². The highest BCUT2D eigenvalue weighted by Gasteiger charge is 2.30. The lowest BCUT2D eigenvalue weighted by Gasteiger charge is -2.35. The molecule has 0 saturated carbocycles. The lowest BCUT2D eigenvalue weighted by molar-refractivity contribution is 0.268. The number of halogens is 1. The molecule has 2 aromatic rings. The zero-order chi connectivity index (χ0) is 20.5. The van der Waals surface area contributed by atoms with E-state index in [-0.39, 0.29) is 5.82 Å². The summed E-state index contributed by atoms with van der Waals surface area (Å²) in [5.41, 5.74) is 2.81. The maximum atomic E-state index is 13.7. The van der Waals surface area contributed by atoms with Gasteiger partial charge in [-0.1, -0.05) is 18.2 Å². The number of aryl methyl sites for hydroxylation is 3. The zero-order valence-corrected chi connectivity index (χ0v) is 17.8. The molecule has 0 bridgehead atoms. The summed E-state index contributed by atoms with van der Waals surface area (Å²) in [4.78, 5) is 2.26. The van der Waals surface area contributed by atoms with Gasteiger partial charge in [-0.05, 0) is 67.9 Å². The summed E-state index contributed by atoms with van der Waals surface area (Å²) in [5, 5.41) is 3.50. The van der Waals surface area contributed by atoms with E-state index in [9.17, 15) is 12.8 Å². The van der Waals surface area contributed by atoms with Gasteiger partial charge in [0.1, 0.15) is 5.82 Å². The van der Waals surface area contributed by atoms with E-state index in [0.29, 0.717) is 47.4 Å². The molecule has 0 unspecified atom stereocenters. The number of piperazine rings is 1. The predicted octanol–water partition coefficient (Wildman–Crippen LogP) is 3.45. The summed E-state index contributed by atoms with van der Waals surface area (Å²) in [6.07, 6.45) is 0. The van der Waals surface area contributed by atoms with Crippen molar-refractivity contribution < 1.29 is 12.8 Å². The van der Waals surface area contributed by atoms with Gasteiger partial charge < -0.3 is 10.2 Å². The molecule has 1 aliphatic heterocycles. The molecule has 1 saturated heterocycles. The normalized spacial score (nSPS) is 15.5. The van der Waals surface area contributed by atoms with Crippen LogP contribution in [0.15, 0.2) is 41.3 Å². The molecular weight excluding hydrogens is 397 g/mol. The van der Waals surface area contributed by atoms with Gasteiger partial charge in [-0.15, -0.1) is 0 Å². The van der Waals surface area contributed by atoms with Gasteiger partial charge in [0, 0.05) is 31.9 Å². The molecule has 1 N–H and O–H groups in total. The Labute approximate surface area is 171 Å². The molecule has 1 heterocycles. The van der Waals surface area contributed by atoms with Crippen molar-refractivity contribution >= 4 is 33.0 Å². The second kappa shape index (κ2) is 8.14. The minimum Gasteiger partial charge on any atom is -0.346 e. The molecule has 0 radical (unpaired) electrons. The topological polar surface area (TPSA) is 52.7 Å². The second-order valence-corrected chi connectivity index (χ2v) is 9.35. The first-order valence-electron chi connectivity index (χ1n) is 9.08. The van der Waals surface area contributed by atoms with Crippen LogP contribution in [0, 0.1) is 26.6 Å². The van der Waals surface area contributed by atoms with Crippen molar-refractivity contribution in [2.24, 2.45) is 0 Å². The molecule has 150 valence electrons. The molecule has 3 rings (SSSR count). The highest BCUT2D eigenvalue weighted by atomic mass is 32.2. The van der Waals surface area contributed by atoms with Crippen LogP contribution in [-0.4, -0.2) is 48.9 Å². The summed E-state index contributed by atoms with van der Waals surface area (Å²) in [5.74, 6) is -0.294. The molecule has 0 amide bonds. The first kappa shape index (κ1) is 20.7. The average molecular weight is 422 g/mol. The third-order valence-electron chi connectivity index (χ3n) is 4.91. The average Bonchev–Trinajstić information content (AvgIpc) is 2.66. The minimum atomic E-state index is -3.54. The zero-order valence-electron chi connectivity index (χ0n) is 16.2. The van der Waals surface area contributed by atoms with Gasteiger partial charge in [-0.3, -0.25) is 0 Å². The Morgan fingerprint density at radius 2 is 1.64 bits per heavy atom. The number of rotatable bonds is 3. The molecule has 0 aromatic heterocycles. The molecule has 2 aromatic carbocycles. The van der Waals surface area contributed by atoms with Crippen LogP contribution in [0.4, 0.5) is 10.1 Å². The minimum absolute atomic E-state index is 0.294. The van der Waals surface area contributed by atoms with E-state index in [4.69, 9.17) is 12.2 Å². The monoisotopic (exact) mass is 421 g/mol. The Morgan fingerprint density at radius 3 is 2.29 bits per heavy atom. The van der Waals surface area contributed by atoms with Crippen LogP contribution in [0.2, 0.25) is 0 Å². The van der Waals surface area contributed by atoms with Gasteiger partial charge in [0.05, 0.1) is 4.90 Å². The second-order valence-electron chi connectivity index (χ2n) is 7.05. The third-order valence-corrected chi connectivity index (χ3v) is 7.31. The van der Waals surface area contributed by atoms with E-state index in [1.165, 1.54) is 10.4 Å². The summed E-state index contributed by atoms with van der Waals surface area (Å²) in [6.45, 7) is 7.04. The predicted molar refractivity (Wildman–Crippen MR) is 114 cm³/mol. The van der Waals surface area contributed by atoms with E-state index < -0.39 is 10.0 Å². The number of sulfonamides is 1.